The first-order valence-corrected chi connectivity index (χ1v) is 5.89. The third kappa shape index (κ3) is 2.86. The van der Waals surface area contributed by atoms with Gasteiger partial charge in [-0.25, -0.2) is 0 Å². The minimum absolute atomic E-state index is 0.621. The van der Waals surface area contributed by atoms with Crippen molar-refractivity contribution in [2.75, 3.05) is 0 Å². The third-order valence-electron chi connectivity index (χ3n) is 1.88. The van der Waals surface area contributed by atoms with Gasteiger partial charge in [0.15, 0.2) is 0 Å². The number of halogens is 2. The van der Waals surface area contributed by atoms with E-state index >= 15 is 0 Å². The lowest BCUT2D eigenvalue weighted by atomic mass is 10.3. The molecule has 0 aliphatic rings. The van der Waals surface area contributed by atoms with Gasteiger partial charge in [-0.2, -0.15) is 0 Å². The van der Waals surface area contributed by atoms with Gasteiger partial charge in [-0.1, -0.05) is 23.7 Å². The average Bonchev–Trinajstić information content (AvgIpc) is 2.25. The molecule has 0 radical (unpaired) electrons. The van der Waals surface area contributed by atoms with Crippen LogP contribution in [0, 0.1) is 3.57 Å². The second-order valence-electron chi connectivity index (χ2n) is 2.99. The summed E-state index contributed by atoms with van der Waals surface area (Å²) in [5.41, 5.74) is 0. The Labute approximate surface area is 107 Å². The van der Waals surface area contributed by atoms with Crippen LogP contribution in [-0.2, 0) is 0 Å². The molecule has 0 amide bonds. The van der Waals surface area contributed by atoms with Gasteiger partial charge in [-0.3, -0.25) is 0 Å². The van der Waals surface area contributed by atoms with Crippen molar-refractivity contribution in [2.45, 2.75) is 0 Å². The number of hydrogen-bond donors (Lipinski definition) is 0. The minimum atomic E-state index is 0.621. The molecule has 0 saturated carbocycles. The van der Waals surface area contributed by atoms with Crippen LogP contribution in [0.3, 0.4) is 0 Å². The van der Waals surface area contributed by atoms with Crippen LogP contribution in [-0.4, -0.2) is 0 Å². The molecule has 0 bridgehead atoms. The molecule has 0 aliphatic carbocycles. The maximum Gasteiger partial charge on any atom is 0.146 e. The monoisotopic (exact) mass is 330 g/mol. The van der Waals surface area contributed by atoms with Crippen molar-refractivity contribution in [2.24, 2.45) is 0 Å². The quantitative estimate of drug-likeness (QED) is 0.723. The van der Waals surface area contributed by atoms with E-state index in [1.807, 2.05) is 48.5 Å². The second-order valence-corrected chi connectivity index (χ2v) is 4.64. The van der Waals surface area contributed by atoms with Crippen molar-refractivity contribution >= 4 is 34.2 Å². The molecule has 0 heterocycles. The molecule has 2 rings (SSSR count). The first-order chi connectivity index (χ1) is 7.25. The molecule has 1 nitrogen and oxygen atoms in total. The molecule has 76 valence electrons. The highest BCUT2D eigenvalue weighted by atomic mass is 127. The Morgan fingerprint density at radius 2 is 1.60 bits per heavy atom. The second kappa shape index (κ2) is 4.86. The highest BCUT2D eigenvalue weighted by molar-refractivity contribution is 14.1. The SMILES string of the molecule is Clc1ccccc1Oc1ccc(I)cc1. The smallest absolute Gasteiger partial charge is 0.146 e. The Hall–Kier alpha value is -0.740. The molecule has 0 N–H and O–H groups in total. The van der Waals surface area contributed by atoms with Crippen LogP contribution in [0.2, 0.25) is 5.02 Å². The van der Waals surface area contributed by atoms with E-state index in [0.717, 1.165) is 5.75 Å². The van der Waals surface area contributed by atoms with Gasteiger partial charge in [-0.15, -0.1) is 0 Å². The summed E-state index contributed by atoms with van der Waals surface area (Å²) < 4.78 is 6.81. The molecule has 2 aromatic rings. The number of para-hydroxylation sites is 1. The van der Waals surface area contributed by atoms with Crippen molar-refractivity contribution < 1.29 is 4.74 Å². The van der Waals surface area contributed by atoms with Crippen LogP contribution in [0.5, 0.6) is 11.5 Å². The van der Waals surface area contributed by atoms with Crippen molar-refractivity contribution in [1.82, 2.24) is 0 Å². The van der Waals surface area contributed by atoms with Crippen molar-refractivity contribution in [1.29, 1.82) is 0 Å². The van der Waals surface area contributed by atoms with Gasteiger partial charge < -0.3 is 4.74 Å². The van der Waals surface area contributed by atoms with E-state index in [2.05, 4.69) is 22.6 Å². The zero-order chi connectivity index (χ0) is 10.7. The Morgan fingerprint density at radius 3 is 2.27 bits per heavy atom. The lowest BCUT2D eigenvalue weighted by Crippen LogP contribution is -1.84. The number of hydrogen-bond acceptors (Lipinski definition) is 1. The summed E-state index contributed by atoms with van der Waals surface area (Å²) in [6.45, 7) is 0. The molecule has 0 atom stereocenters. The van der Waals surface area contributed by atoms with Crippen LogP contribution < -0.4 is 4.74 Å². The van der Waals surface area contributed by atoms with Gasteiger partial charge >= 0.3 is 0 Å². The summed E-state index contributed by atoms with van der Waals surface area (Å²) >= 11 is 8.23. The normalized spacial score (nSPS) is 10.0. The van der Waals surface area contributed by atoms with E-state index in [1.54, 1.807) is 0 Å². The van der Waals surface area contributed by atoms with Gasteiger partial charge in [-0.05, 0) is 59.0 Å². The molecular formula is C12H8ClIO. The van der Waals surface area contributed by atoms with E-state index in [-0.39, 0.29) is 0 Å². The molecule has 0 aliphatic heterocycles. The predicted octanol–water partition coefficient (Wildman–Crippen LogP) is 4.74. The van der Waals surface area contributed by atoms with Crippen LogP contribution in [0.15, 0.2) is 48.5 Å². The maximum atomic E-state index is 5.98. The van der Waals surface area contributed by atoms with E-state index in [1.165, 1.54) is 3.57 Å². The molecule has 0 aromatic heterocycles. The molecule has 0 fully saturated rings. The summed E-state index contributed by atoms with van der Waals surface area (Å²) in [6.07, 6.45) is 0. The highest BCUT2D eigenvalue weighted by Gasteiger charge is 2.00. The zero-order valence-electron chi connectivity index (χ0n) is 7.78. The topological polar surface area (TPSA) is 9.23 Å². The fraction of sp³-hybridized carbons (Fsp3) is 0. The first kappa shape index (κ1) is 10.8. The summed E-state index contributed by atoms with van der Waals surface area (Å²) in [7, 11) is 0. The Balaban J connectivity index is 2.22. The predicted molar refractivity (Wildman–Crippen MR) is 70.7 cm³/mol. The number of benzene rings is 2. The molecule has 0 spiro atoms. The van der Waals surface area contributed by atoms with Gasteiger partial charge in [0.1, 0.15) is 11.5 Å². The first-order valence-electron chi connectivity index (χ1n) is 4.43. The number of rotatable bonds is 2. The lowest BCUT2D eigenvalue weighted by Gasteiger charge is -2.06. The van der Waals surface area contributed by atoms with Gasteiger partial charge in [0.2, 0.25) is 0 Å². The summed E-state index contributed by atoms with van der Waals surface area (Å²) in [5, 5.41) is 0.621. The molecule has 15 heavy (non-hydrogen) atoms. The van der Waals surface area contributed by atoms with E-state index in [9.17, 15) is 0 Å². The molecular weight excluding hydrogens is 322 g/mol. The summed E-state index contributed by atoms with van der Waals surface area (Å²) in [5.74, 6) is 1.48. The fourth-order valence-electron chi connectivity index (χ4n) is 1.16. The zero-order valence-corrected chi connectivity index (χ0v) is 10.7. The van der Waals surface area contributed by atoms with E-state index in [0.29, 0.717) is 10.8 Å². The van der Waals surface area contributed by atoms with Crippen molar-refractivity contribution in [3.05, 3.63) is 57.1 Å². The van der Waals surface area contributed by atoms with Gasteiger partial charge in [0, 0.05) is 3.57 Å². The highest BCUT2D eigenvalue weighted by Crippen LogP contribution is 2.28. The Morgan fingerprint density at radius 1 is 0.933 bits per heavy atom. The Kier molecular flexibility index (Phi) is 3.49. The Bertz CT molecular complexity index is 453. The summed E-state index contributed by atoms with van der Waals surface area (Å²) in [4.78, 5) is 0. The summed E-state index contributed by atoms with van der Waals surface area (Å²) in [6, 6.07) is 15.3. The molecule has 0 unspecified atom stereocenters. The van der Waals surface area contributed by atoms with Gasteiger partial charge in [0.25, 0.3) is 0 Å². The largest absolute Gasteiger partial charge is 0.456 e. The standard InChI is InChI=1S/C12H8ClIO/c13-11-3-1-2-4-12(11)15-10-7-5-9(14)6-8-10/h1-8H. The van der Waals surface area contributed by atoms with Crippen LogP contribution in [0.25, 0.3) is 0 Å². The number of ether oxygens (including phenoxy) is 1. The van der Waals surface area contributed by atoms with Crippen LogP contribution in [0.4, 0.5) is 0 Å². The third-order valence-corrected chi connectivity index (χ3v) is 2.91. The lowest BCUT2D eigenvalue weighted by molar-refractivity contribution is 0.483. The van der Waals surface area contributed by atoms with Crippen LogP contribution in [0.1, 0.15) is 0 Å². The fourth-order valence-corrected chi connectivity index (χ4v) is 1.69. The van der Waals surface area contributed by atoms with E-state index in [4.69, 9.17) is 16.3 Å². The molecule has 0 saturated heterocycles. The van der Waals surface area contributed by atoms with E-state index < -0.39 is 0 Å². The van der Waals surface area contributed by atoms with Gasteiger partial charge in [0.05, 0.1) is 5.02 Å². The average molecular weight is 331 g/mol. The molecule has 2 aromatic carbocycles. The van der Waals surface area contributed by atoms with Crippen LogP contribution >= 0.6 is 34.2 Å². The van der Waals surface area contributed by atoms with Crippen molar-refractivity contribution in [3.8, 4) is 11.5 Å². The minimum Gasteiger partial charge on any atom is -0.456 e. The van der Waals surface area contributed by atoms with Crippen molar-refractivity contribution in [3.63, 3.8) is 0 Å². The maximum absolute atomic E-state index is 5.98. The molecule has 3 heteroatoms.